The van der Waals surface area contributed by atoms with Gasteiger partial charge in [0.2, 0.25) is 0 Å². The van der Waals surface area contributed by atoms with Crippen LogP contribution in [0.3, 0.4) is 0 Å². The van der Waals surface area contributed by atoms with Gasteiger partial charge >= 0.3 is 5.97 Å². The summed E-state index contributed by atoms with van der Waals surface area (Å²) in [6.45, 7) is 3.16. The molecule has 1 aliphatic rings. The number of aliphatic hydroxyl groups excluding tert-OH is 1. The van der Waals surface area contributed by atoms with Crippen molar-refractivity contribution in [3.05, 3.63) is 0 Å². The molecule has 0 amide bonds. The van der Waals surface area contributed by atoms with Crippen LogP contribution < -0.4 is 5.32 Å². The van der Waals surface area contributed by atoms with Crippen molar-refractivity contribution in [2.24, 2.45) is 0 Å². The zero-order chi connectivity index (χ0) is 12.7. The molecule has 0 aromatic heterocycles. The van der Waals surface area contributed by atoms with E-state index < -0.39 is 17.6 Å². The highest BCUT2D eigenvalue weighted by Gasteiger charge is 2.35. The van der Waals surface area contributed by atoms with Gasteiger partial charge < -0.3 is 14.9 Å². The van der Waals surface area contributed by atoms with Crippen LogP contribution in [0, 0.1) is 0 Å². The maximum absolute atomic E-state index is 11.2. The molecule has 0 aromatic carbocycles. The van der Waals surface area contributed by atoms with Gasteiger partial charge in [-0.3, -0.25) is 10.1 Å². The molecule has 5 nitrogen and oxygen atoms in total. The maximum atomic E-state index is 11.2. The molecule has 0 aliphatic carbocycles. The third kappa shape index (κ3) is 4.26. The van der Waals surface area contributed by atoms with Gasteiger partial charge in [0.25, 0.3) is 0 Å². The molecule has 1 rings (SSSR count). The van der Waals surface area contributed by atoms with Gasteiger partial charge in [0.1, 0.15) is 6.04 Å². The lowest BCUT2D eigenvalue weighted by Gasteiger charge is -2.38. The van der Waals surface area contributed by atoms with E-state index in [1.165, 1.54) is 0 Å². The minimum Gasteiger partial charge on any atom is -0.480 e. The number of nitrogens with one attached hydrogen (secondary N) is 1. The second kappa shape index (κ2) is 6.93. The molecular weight excluding hydrogens is 222 g/mol. The summed E-state index contributed by atoms with van der Waals surface area (Å²) in [4.78, 5) is 11.2. The monoisotopic (exact) mass is 245 g/mol. The third-order valence-corrected chi connectivity index (χ3v) is 3.38. The van der Waals surface area contributed by atoms with E-state index in [0.29, 0.717) is 32.5 Å². The van der Waals surface area contributed by atoms with Crippen molar-refractivity contribution in [3.63, 3.8) is 0 Å². The Hall–Kier alpha value is -0.650. The molecule has 1 unspecified atom stereocenters. The van der Waals surface area contributed by atoms with Crippen LogP contribution in [0.5, 0.6) is 0 Å². The van der Waals surface area contributed by atoms with Crippen molar-refractivity contribution in [2.75, 3.05) is 19.8 Å². The Kier molecular flexibility index (Phi) is 5.88. The first-order valence-corrected chi connectivity index (χ1v) is 6.32. The number of hydrogen-bond donors (Lipinski definition) is 3. The third-order valence-electron chi connectivity index (χ3n) is 3.38. The number of aliphatic carboxylic acids is 1. The molecule has 17 heavy (non-hydrogen) atoms. The molecule has 1 atom stereocenters. The standard InChI is InChI=1S/C12H23NO4/c1-2-3-4-10(11(15)16)13-12(9-14)5-7-17-8-6-12/h10,13-14H,2-9H2,1H3,(H,15,16). The fourth-order valence-corrected chi connectivity index (χ4v) is 2.15. The van der Waals surface area contributed by atoms with Crippen LogP contribution in [0.4, 0.5) is 0 Å². The molecule has 0 saturated carbocycles. The molecule has 3 N–H and O–H groups in total. The van der Waals surface area contributed by atoms with Gasteiger partial charge in [-0.1, -0.05) is 19.8 Å². The minimum absolute atomic E-state index is 0.0355. The van der Waals surface area contributed by atoms with Gasteiger partial charge in [0.15, 0.2) is 0 Å². The van der Waals surface area contributed by atoms with E-state index in [4.69, 9.17) is 9.84 Å². The second-order valence-corrected chi connectivity index (χ2v) is 4.73. The lowest BCUT2D eigenvalue weighted by Crippen LogP contribution is -2.58. The average molecular weight is 245 g/mol. The molecule has 1 saturated heterocycles. The summed E-state index contributed by atoms with van der Waals surface area (Å²) in [5.41, 5.74) is -0.477. The molecule has 0 bridgehead atoms. The summed E-state index contributed by atoms with van der Waals surface area (Å²) in [6, 6.07) is -0.569. The van der Waals surface area contributed by atoms with Crippen molar-refractivity contribution < 1.29 is 19.7 Å². The maximum Gasteiger partial charge on any atom is 0.320 e. The number of hydrogen-bond acceptors (Lipinski definition) is 4. The molecule has 1 aliphatic heterocycles. The van der Waals surface area contributed by atoms with Gasteiger partial charge in [-0.05, 0) is 19.3 Å². The highest BCUT2D eigenvalue weighted by molar-refractivity contribution is 5.73. The van der Waals surface area contributed by atoms with Crippen molar-refractivity contribution in [1.82, 2.24) is 5.32 Å². The van der Waals surface area contributed by atoms with Crippen molar-refractivity contribution >= 4 is 5.97 Å². The number of carboxylic acid groups (broad SMARTS) is 1. The molecule has 5 heteroatoms. The predicted molar refractivity (Wildman–Crippen MR) is 64.0 cm³/mol. The van der Waals surface area contributed by atoms with Crippen LogP contribution in [-0.4, -0.2) is 47.6 Å². The fourth-order valence-electron chi connectivity index (χ4n) is 2.15. The van der Waals surface area contributed by atoms with Crippen LogP contribution in [0.2, 0.25) is 0 Å². The average Bonchev–Trinajstić information content (AvgIpc) is 2.35. The lowest BCUT2D eigenvalue weighted by molar-refractivity contribution is -0.141. The van der Waals surface area contributed by atoms with Crippen LogP contribution in [0.1, 0.15) is 39.0 Å². The van der Waals surface area contributed by atoms with Crippen LogP contribution in [-0.2, 0) is 9.53 Å². The molecule has 100 valence electrons. The predicted octanol–water partition coefficient (Wildman–Crippen LogP) is 0.761. The summed E-state index contributed by atoms with van der Waals surface area (Å²) >= 11 is 0. The second-order valence-electron chi connectivity index (χ2n) is 4.73. The molecule has 0 spiro atoms. The van der Waals surface area contributed by atoms with Crippen molar-refractivity contribution in [2.45, 2.75) is 50.6 Å². The minimum atomic E-state index is -0.835. The van der Waals surface area contributed by atoms with E-state index in [9.17, 15) is 9.90 Å². The number of ether oxygens (including phenoxy) is 1. The highest BCUT2D eigenvalue weighted by atomic mass is 16.5. The zero-order valence-corrected chi connectivity index (χ0v) is 10.4. The van der Waals surface area contributed by atoms with E-state index >= 15 is 0 Å². The Morgan fingerprint density at radius 2 is 2.12 bits per heavy atom. The SMILES string of the molecule is CCCCC(NC1(CO)CCOCC1)C(=O)O. The Morgan fingerprint density at radius 3 is 2.59 bits per heavy atom. The van der Waals surface area contributed by atoms with Gasteiger partial charge in [0, 0.05) is 18.8 Å². The van der Waals surface area contributed by atoms with Gasteiger partial charge in [-0.25, -0.2) is 0 Å². The number of unbranched alkanes of at least 4 members (excludes halogenated alkanes) is 1. The van der Waals surface area contributed by atoms with E-state index in [1.807, 2.05) is 6.92 Å². The first kappa shape index (κ1) is 14.4. The fraction of sp³-hybridized carbons (Fsp3) is 0.917. The number of rotatable bonds is 7. The summed E-state index contributed by atoms with van der Waals surface area (Å²) in [6.07, 6.45) is 3.79. The highest BCUT2D eigenvalue weighted by Crippen LogP contribution is 2.21. The van der Waals surface area contributed by atoms with Crippen LogP contribution >= 0.6 is 0 Å². The number of aliphatic hydroxyl groups is 1. The van der Waals surface area contributed by atoms with E-state index in [2.05, 4.69) is 5.32 Å². The zero-order valence-electron chi connectivity index (χ0n) is 10.4. The lowest BCUT2D eigenvalue weighted by atomic mass is 9.89. The molecule has 0 radical (unpaired) electrons. The smallest absolute Gasteiger partial charge is 0.320 e. The van der Waals surface area contributed by atoms with Crippen LogP contribution in [0.25, 0.3) is 0 Å². The normalized spacial score (nSPS) is 21.1. The number of carboxylic acids is 1. The topological polar surface area (TPSA) is 78.8 Å². The van der Waals surface area contributed by atoms with E-state index in [1.54, 1.807) is 0 Å². The molecule has 1 heterocycles. The molecule has 0 aromatic rings. The summed E-state index contributed by atoms with van der Waals surface area (Å²) in [7, 11) is 0. The largest absolute Gasteiger partial charge is 0.480 e. The van der Waals surface area contributed by atoms with E-state index in [-0.39, 0.29) is 6.61 Å². The first-order valence-electron chi connectivity index (χ1n) is 6.32. The quantitative estimate of drug-likeness (QED) is 0.617. The van der Waals surface area contributed by atoms with Crippen LogP contribution in [0.15, 0.2) is 0 Å². The number of carbonyl (C=O) groups is 1. The Labute approximate surface area is 102 Å². The summed E-state index contributed by atoms with van der Waals surface area (Å²) < 4.78 is 5.25. The van der Waals surface area contributed by atoms with Crippen molar-refractivity contribution in [3.8, 4) is 0 Å². The van der Waals surface area contributed by atoms with Crippen molar-refractivity contribution in [1.29, 1.82) is 0 Å². The summed E-state index contributed by atoms with van der Waals surface area (Å²) in [5.74, 6) is -0.835. The van der Waals surface area contributed by atoms with Gasteiger partial charge in [-0.15, -0.1) is 0 Å². The molecular formula is C12H23NO4. The van der Waals surface area contributed by atoms with Gasteiger partial charge in [0.05, 0.1) is 6.61 Å². The van der Waals surface area contributed by atoms with Gasteiger partial charge in [-0.2, -0.15) is 0 Å². The Balaban J connectivity index is 2.58. The Morgan fingerprint density at radius 1 is 1.47 bits per heavy atom. The summed E-state index contributed by atoms with van der Waals surface area (Å²) in [5, 5.41) is 21.8. The Bertz CT molecular complexity index is 239. The molecule has 1 fully saturated rings. The first-order chi connectivity index (χ1) is 8.13. The van der Waals surface area contributed by atoms with E-state index in [0.717, 1.165) is 12.8 Å².